The zero-order valence-electron chi connectivity index (χ0n) is 25.9. The van der Waals surface area contributed by atoms with Gasteiger partial charge in [-0.05, 0) is 56.2 Å². The molecule has 242 valence electrons. The first kappa shape index (κ1) is 32.3. The van der Waals surface area contributed by atoms with Crippen molar-refractivity contribution in [2.45, 2.75) is 95.2 Å². The fraction of sp³-hybridized carbons (Fsp3) is 0.688. The first-order chi connectivity index (χ1) is 21.1. The Balaban J connectivity index is 1.28. The van der Waals surface area contributed by atoms with Crippen molar-refractivity contribution in [1.82, 2.24) is 20.9 Å². The zero-order valence-corrected chi connectivity index (χ0v) is 25.9. The highest BCUT2D eigenvalue weighted by molar-refractivity contribution is 5.98. The van der Waals surface area contributed by atoms with Gasteiger partial charge in [0, 0.05) is 25.2 Å². The number of epoxide rings is 1. The molecule has 1 aromatic carbocycles. The van der Waals surface area contributed by atoms with E-state index in [0.29, 0.717) is 58.1 Å². The molecule has 1 aromatic rings. The van der Waals surface area contributed by atoms with Crippen LogP contribution in [0, 0.1) is 5.92 Å². The Morgan fingerprint density at radius 1 is 1.05 bits per heavy atom. The maximum atomic E-state index is 13.9. The molecule has 44 heavy (non-hydrogen) atoms. The maximum absolute atomic E-state index is 13.9. The molecule has 2 saturated heterocycles. The predicted octanol–water partition coefficient (Wildman–Crippen LogP) is 0.650. The van der Waals surface area contributed by atoms with Crippen LogP contribution in [0.4, 0.5) is 5.69 Å². The van der Waals surface area contributed by atoms with Crippen LogP contribution in [0.3, 0.4) is 0 Å². The summed E-state index contributed by atoms with van der Waals surface area (Å²) in [6, 6.07) is 3.15. The number of morpholine rings is 1. The molecule has 1 saturated carbocycles. The predicted molar refractivity (Wildman–Crippen MR) is 163 cm³/mol. The molecule has 4 aliphatic rings. The van der Waals surface area contributed by atoms with E-state index >= 15 is 0 Å². The molecule has 5 N–H and O–H groups in total. The third kappa shape index (κ3) is 8.56. The van der Waals surface area contributed by atoms with Crippen LogP contribution < -0.4 is 21.3 Å². The van der Waals surface area contributed by atoms with Gasteiger partial charge in [0.15, 0.2) is 5.78 Å². The molecule has 5 unspecified atom stereocenters. The van der Waals surface area contributed by atoms with Gasteiger partial charge >= 0.3 is 0 Å². The summed E-state index contributed by atoms with van der Waals surface area (Å²) in [5.41, 5.74) is 1.82. The van der Waals surface area contributed by atoms with Gasteiger partial charge in [-0.3, -0.25) is 24.1 Å². The molecule has 0 radical (unpaired) electrons. The lowest BCUT2D eigenvalue weighted by atomic mass is 9.90. The van der Waals surface area contributed by atoms with E-state index in [-0.39, 0.29) is 24.7 Å². The average Bonchev–Trinajstić information content (AvgIpc) is 3.54. The highest BCUT2D eigenvalue weighted by Crippen LogP contribution is 2.33. The van der Waals surface area contributed by atoms with E-state index in [9.17, 15) is 24.3 Å². The molecule has 0 bridgehead atoms. The lowest BCUT2D eigenvalue weighted by molar-refractivity contribution is -0.134. The first-order valence-electron chi connectivity index (χ1n) is 16.0. The zero-order chi connectivity index (χ0) is 31.3. The van der Waals surface area contributed by atoms with Crippen molar-refractivity contribution >= 4 is 29.2 Å². The van der Waals surface area contributed by atoms with Gasteiger partial charge in [0.2, 0.25) is 17.7 Å². The lowest BCUT2D eigenvalue weighted by Gasteiger charge is -2.28. The Hall–Kier alpha value is -3.06. The number of carbonyl (C=O) groups excluding carboxylic acids is 4. The van der Waals surface area contributed by atoms with Crippen molar-refractivity contribution < 1.29 is 33.8 Å². The summed E-state index contributed by atoms with van der Waals surface area (Å²) < 4.78 is 10.8. The van der Waals surface area contributed by atoms with Gasteiger partial charge in [-0.1, -0.05) is 37.8 Å². The number of anilines is 1. The molecule has 3 fully saturated rings. The number of nitrogens with zero attached hydrogens (tertiary/aromatic N) is 1. The number of benzene rings is 1. The van der Waals surface area contributed by atoms with Gasteiger partial charge in [-0.25, -0.2) is 0 Å². The van der Waals surface area contributed by atoms with E-state index in [1.807, 2.05) is 23.1 Å². The monoisotopic (exact) mass is 613 g/mol. The van der Waals surface area contributed by atoms with Crippen molar-refractivity contribution in [2.24, 2.45) is 5.92 Å². The van der Waals surface area contributed by atoms with Crippen LogP contribution in [0.15, 0.2) is 18.2 Å². The average molecular weight is 614 g/mol. The Labute approximate surface area is 259 Å². The summed E-state index contributed by atoms with van der Waals surface area (Å²) in [5, 5.41) is 21.6. The number of fused-ring (bicyclic) bond motifs is 1. The molecular formula is C32H47N5O7. The smallest absolute Gasteiger partial charge is 0.243 e. The minimum Gasteiger partial charge on any atom is -0.379 e. The Kier molecular flexibility index (Phi) is 10.6. The highest BCUT2D eigenvalue weighted by Gasteiger charge is 2.50. The van der Waals surface area contributed by atoms with Crippen LogP contribution in [0.2, 0.25) is 0 Å². The maximum Gasteiger partial charge on any atom is 0.243 e. The minimum atomic E-state index is -0.979. The lowest BCUT2D eigenvalue weighted by Crippen LogP contribution is -2.57. The van der Waals surface area contributed by atoms with Crippen LogP contribution in [0.25, 0.3) is 0 Å². The Bertz CT molecular complexity index is 1210. The molecule has 0 spiro atoms. The summed E-state index contributed by atoms with van der Waals surface area (Å²) in [4.78, 5) is 55.3. The standard InChI is InChI=1S/C32H47N5O7/c1-20(33-28(39)18-37-11-13-43-14-12-37)30(41)36-26(17-22-7-9-24-23(15-22)8-10-27(38)34-24)31(42)35-25(16-21-5-3-4-6-21)29(40)32(2)19-44-32/h7,9,15,20-21,25-27,34,38H,3-6,8,10-14,16-19H2,1-2H3,(H,33,39)(H,35,42)(H,36,41). The number of nitrogens with one attached hydrogen (secondary N) is 4. The topological polar surface area (TPSA) is 162 Å². The Morgan fingerprint density at radius 3 is 2.45 bits per heavy atom. The number of ether oxygens (including phenoxy) is 2. The van der Waals surface area contributed by atoms with Crippen molar-refractivity contribution in [3.05, 3.63) is 29.3 Å². The Morgan fingerprint density at radius 2 is 1.75 bits per heavy atom. The van der Waals surface area contributed by atoms with Crippen LogP contribution in [0.5, 0.6) is 0 Å². The third-order valence-electron chi connectivity index (χ3n) is 9.27. The molecule has 12 nitrogen and oxygen atoms in total. The highest BCUT2D eigenvalue weighted by atomic mass is 16.6. The number of aliphatic hydroxyl groups is 1. The normalized spacial score (nSPS) is 25.6. The van der Waals surface area contributed by atoms with Crippen molar-refractivity contribution in [3.63, 3.8) is 0 Å². The van der Waals surface area contributed by atoms with Gasteiger partial charge in [-0.15, -0.1) is 0 Å². The van der Waals surface area contributed by atoms with Crippen molar-refractivity contribution in [2.75, 3.05) is 44.8 Å². The van der Waals surface area contributed by atoms with Crippen LogP contribution in [-0.2, 0) is 41.5 Å². The molecule has 3 amide bonds. The number of rotatable bonds is 13. The molecule has 5 rings (SSSR count). The number of aliphatic hydroxyl groups excluding tert-OH is 1. The second-order valence-corrected chi connectivity index (χ2v) is 13.0. The molecule has 5 atom stereocenters. The van der Waals surface area contributed by atoms with Crippen LogP contribution in [-0.4, -0.2) is 103 Å². The molecular weight excluding hydrogens is 566 g/mol. The number of amides is 3. The fourth-order valence-corrected chi connectivity index (χ4v) is 6.42. The van der Waals surface area contributed by atoms with Gasteiger partial charge in [0.1, 0.15) is 23.9 Å². The number of hydrogen-bond donors (Lipinski definition) is 5. The van der Waals surface area contributed by atoms with E-state index in [0.717, 1.165) is 42.5 Å². The van der Waals surface area contributed by atoms with Crippen molar-refractivity contribution in [1.29, 1.82) is 0 Å². The van der Waals surface area contributed by atoms with E-state index in [2.05, 4.69) is 21.3 Å². The van der Waals surface area contributed by atoms with Crippen LogP contribution in [0.1, 0.15) is 63.5 Å². The SMILES string of the molecule is CC(NC(=O)CN1CCOCC1)C(=O)NC(Cc1ccc2c(c1)CCC(O)N2)C(=O)NC(CC1CCCC1)C(=O)C1(C)CO1. The molecule has 3 heterocycles. The van der Waals surface area contributed by atoms with Crippen molar-refractivity contribution in [3.8, 4) is 0 Å². The quantitative estimate of drug-likeness (QED) is 0.201. The fourth-order valence-electron chi connectivity index (χ4n) is 6.42. The minimum absolute atomic E-state index is 0.134. The third-order valence-corrected chi connectivity index (χ3v) is 9.27. The van der Waals surface area contributed by atoms with E-state index < -0.39 is 41.8 Å². The number of Topliss-reactive ketones (excluding diaryl/α,β-unsaturated/α-hetero) is 1. The summed E-state index contributed by atoms with van der Waals surface area (Å²) >= 11 is 0. The molecule has 0 aromatic heterocycles. The molecule has 12 heteroatoms. The van der Waals surface area contributed by atoms with Gasteiger partial charge in [0.05, 0.1) is 32.4 Å². The van der Waals surface area contributed by atoms with Gasteiger partial charge < -0.3 is 35.8 Å². The first-order valence-corrected chi connectivity index (χ1v) is 16.0. The van der Waals surface area contributed by atoms with E-state index in [4.69, 9.17) is 9.47 Å². The summed E-state index contributed by atoms with van der Waals surface area (Å²) in [5.74, 6) is -0.994. The summed E-state index contributed by atoms with van der Waals surface area (Å²) in [7, 11) is 0. The van der Waals surface area contributed by atoms with Gasteiger partial charge in [0.25, 0.3) is 0 Å². The summed E-state index contributed by atoms with van der Waals surface area (Å²) in [6.07, 6.45) is 5.68. The van der Waals surface area contributed by atoms with Gasteiger partial charge in [-0.2, -0.15) is 0 Å². The largest absolute Gasteiger partial charge is 0.379 e. The molecule has 1 aliphatic carbocycles. The number of aryl methyl sites for hydroxylation is 1. The van der Waals surface area contributed by atoms with E-state index in [1.165, 1.54) is 0 Å². The number of hydrogen-bond acceptors (Lipinski definition) is 9. The molecule has 3 aliphatic heterocycles. The second kappa shape index (κ2) is 14.4. The number of ketones is 1. The van der Waals surface area contributed by atoms with Crippen LogP contribution >= 0.6 is 0 Å². The van der Waals surface area contributed by atoms with E-state index in [1.54, 1.807) is 13.8 Å². The second-order valence-electron chi connectivity index (χ2n) is 13.0. The number of carbonyl (C=O) groups is 4. The summed E-state index contributed by atoms with van der Waals surface area (Å²) in [6.45, 7) is 6.27.